The fraction of sp³-hybridized carbons (Fsp3) is 0.391. The molecule has 13 heteroatoms. The third-order valence-corrected chi connectivity index (χ3v) is 6.04. The van der Waals surface area contributed by atoms with Gasteiger partial charge in [0.2, 0.25) is 11.7 Å². The van der Waals surface area contributed by atoms with Crippen LogP contribution in [-0.4, -0.2) is 37.1 Å². The predicted octanol–water partition coefficient (Wildman–Crippen LogP) is 4.74. The molecule has 1 amide bonds. The fourth-order valence-corrected chi connectivity index (χ4v) is 4.17. The first-order chi connectivity index (χ1) is 17.0. The first kappa shape index (κ1) is 25.1. The summed E-state index contributed by atoms with van der Waals surface area (Å²) in [5, 5.41) is 18.9. The number of carbonyl (C=O) groups is 2. The van der Waals surface area contributed by atoms with Crippen molar-refractivity contribution in [2.75, 3.05) is 10.6 Å². The van der Waals surface area contributed by atoms with E-state index in [4.69, 9.17) is 4.52 Å². The van der Waals surface area contributed by atoms with E-state index in [1.165, 1.54) is 0 Å². The standard InChI is InChI=1S/C23H23F3N6O4/c1-11-15(29-21(33)13-5-3-4-6-14(13)22(34)35)7-8-16(28-11)20-19(12(2)32-36-20)31-18-10-27-9-17(30-18)23(24,25)26/h7-10,13-14H,3-6H2,1-2H3,(H,29,33)(H,30,31)(H,34,35)/t13-,14-/m0/s1. The summed E-state index contributed by atoms with van der Waals surface area (Å²) in [5.41, 5.74) is 0.627. The van der Waals surface area contributed by atoms with Gasteiger partial charge in [0, 0.05) is 0 Å². The van der Waals surface area contributed by atoms with Gasteiger partial charge in [0.15, 0.2) is 5.69 Å². The van der Waals surface area contributed by atoms with Crippen LogP contribution < -0.4 is 10.6 Å². The number of aliphatic carboxylic acids is 1. The molecule has 3 aromatic heterocycles. The van der Waals surface area contributed by atoms with Gasteiger partial charge < -0.3 is 20.3 Å². The average molecular weight is 504 g/mol. The first-order valence-electron chi connectivity index (χ1n) is 11.2. The maximum atomic E-state index is 13.0. The van der Waals surface area contributed by atoms with E-state index < -0.39 is 29.7 Å². The molecule has 1 aliphatic carbocycles. The molecule has 0 bridgehead atoms. The topological polar surface area (TPSA) is 143 Å². The van der Waals surface area contributed by atoms with Crippen molar-refractivity contribution < 1.29 is 32.4 Å². The molecule has 0 radical (unpaired) electrons. The fourth-order valence-electron chi connectivity index (χ4n) is 4.17. The SMILES string of the molecule is Cc1nc(-c2onc(C)c2Nc2cncc(C(F)(F)F)n2)ccc1NC(=O)[C@H]1CCCC[C@@H]1C(=O)O. The molecule has 0 spiro atoms. The average Bonchev–Trinajstić information content (AvgIpc) is 3.19. The minimum absolute atomic E-state index is 0.154. The molecule has 1 fully saturated rings. The van der Waals surface area contributed by atoms with Crippen molar-refractivity contribution in [3.8, 4) is 11.5 Å². The van der Waals surface area contributed by atoms with Gasteiger partial charge in [0.25, 0.3) is 0 Å². The number of halogens is 3. The second kappa shape index (κ2) is 9.91. The summed E-state index contributed by atoms with van der Waals surface area (Å²) in [6.07, 6.45) is -0.379. The lowest BCUT2D eigenvalue weighted by atomic mass is 9.78. The molecule has 0 unspecified atom stereocenters. The number of nitrogens with zero attached hydrogens (tertiary/aromatic N) is 4. The van der Waals surface area contributed by atoms with Crippen molar-refractivity contribution in [1.29, 1.82) is 0 Å². The minimum atomic E-state index is -4.65. The van der Waals surface area contributed by atoms with Gasteiger partial charge in [-0.05, 0) is 38.8 Å². The quantitative estimate of drug-likeness (QED) is 0.434. The third kappa shape index (κ3) is 5.29. The molecule has 36 heavy (non-hydrogen) atoms. The van der Waals surface area contributed by atoms with Gasteiger partial charge in [-0.1, -0.05) is 18.0 Å². The number of carboxylic acids is 1. The van der Waals surface area contributed by atoms with Crippen molar-refractivity contribution in [2.45, 2.75) is 45.7 Å². The molecule has 1 saturated carbocycles. The number of amides is 1. The van der Waals surface area contributed by atoms with E-state index in [1.807, 2.05) is 0 Å². The lowest BCUT2D eigenvalue weighted by Gasteiger charge is -2.27. The Bertz CT molecular complexity index is 1290. The Morgan fingerprint density at radius 2 is 1.78 bits per heavy atom. The van der Waals surface area contributed by atoms with Gasteiger partial charge in [0.05, 0.1) is 35.6 Å². The van der Waals surface area contributed by atoms with E-state index in [0.717, 1.165) is 19.0 Å². The normalized spacial score (nSPS) is 18.0. The number of anilines is 3. The van der Waals surface area contributed by atoms with Crippen LogP contribution >= 0.6 is 0 Å². The largest absolute Gasteiger partial charge is 0.481 e. The zero-order valence-electron chi connectivity index (χ0n) is 19.4. The van der Waals surface area contributed by atoms with Crippen LogP contribution in [0.5, 0.6) is 0 Å². The third-order valence-electron chi connectivity index (χ3n) is 6.04. The van der Waals surface area contributed by atoms with Crippen molar-refractivity contribution >= 4 is 29.1 Å². The molecule has 4 rings (SSSR count). The number of aryl methyl sites for hydroxylation is 2. The number of aromatic nitrogens is 4. The molecule has 0 aliphatic heterocycles. The molecule has 0 aromatic carbocycles. The molecule has 3 N–H and O–H groups in total. The van der Waals surface area contributed by atoms with Crippen LogP contribution in [-0.2, 0) is 15.8 Å². The molecular weight excluding hydrogens is 481 g/mol. The molecule has 10 nitrogen and oxygen atoms in total. The van der Waals surface area contributed by atoms with Crippen molar-refractivity contribution in [3.63, 3.8) is 0 Å². The number of hydrogen-bond donors (Lipinski definition) is 3. The zero-order chi connectivity index (χ0) is 26.0. The highest BCUT2D eigenvalue weighted by Crippen LogP contribution is 2.35. The summed E-state index contributed by atoms with van der Waals surface area (Å²) < 4.78 is 44.3. The van der Waals surface area contributed by atoms with Crippen LogP contribution in [0.15, 0.2) is 29.0 Å². The van der Waals surface area contributed by atoms with E-state index in [1.54, 1.807) is 26.0 Å². The molecule has 1 aliphatic rings. The first-order valence-corrected chi connectivity index (χ1v) is 11.2. The Hall–Kier alpha value is -4.03. The highest BCUT2D eigenvalue weighted by atomic mass is 19.4. The number of nitrogens with one attached hydrogen (secondary N) is 2. The monoisotopic (exact) mass is 504 g/mol. The lowest BCUT2D eigenvalue weighted by Crippen LogP contribution is -2.36. The summed E-state index contributed by atoms with van der Waals surface area (Å²) in [7, 11) is 0. The van der Waals surface area contributed by atoms with Crippen molar-refractivity contribution in [3.05, 3.63) is 41.6 Å². The zero-order valence-corrected chi connectivity index (χ0v) is 19.4. The van der Waals surface area contributed by atoms with Gasteiger partial charge >= 0.3 is 12.1 Å². The highest BCUT2D eigenvalue weighted by Gasteiger charge is 2.36. The highest BCUT2D eigenvalue weighted by molar-refractivity contribution is 5.95. The van der Waals surface area contributed by atoms with E-state index in [0.29, 0.717) is 41.8 Å². The van der Waals surface area contributed by atoms with Crippen molar-refractivity contribution in [2.24, 2.45) is 11.8 Å². The molecule has 3 heterocycles. The van der Waals surface area contributed by atoms with E-state index in [9.17, 15) is 27.9 Å². The summed E-state index contributed by atoms with van der Waals surface area (Å²) in [4.78, 5) is 35.9. The smallest absolute Gasteiger partial charge is 0.434 e. The summed E-state index contributed by atoms with van der Waals surface area (Å²) in [5.74, 6) is -2.70. The van der Waals surface area contributed by atoms with Gasteiger partial charge in [-0.15, -0.1) is 0 Å². The van der Waals surface area contributed by atoms with Crippen LogP contribution in [0, 0.1) is 25.7 Å². The molecule has 3 aromatic rings. The van der Waals surface area contributed by atoms with Crippen molar-refractivity contribution in [1.82, 2.24) is 20.1 Å². The van der Waals surface area contributed by atoms with E-state index >= 15 is 0 Å². The molecular formula is C23H23F3N6O4. The Morgan fingerprint density at radius 3 is 2.44 bits per heavy atom. The Morgan fingerprint density at radius 1 is 1.06 bits per heavy atom. The van der Waals surface area contributed by atoms with E-state index in [-0.39, 0.29) is 23.2 Å². The number of hydrogen-bond acceptors (Lipinski definition) is 8. The molecule has 190 valence electrons. The number of carboxylic acid groups (broad SMARTS) is 1. The van der Waals surface area contributed by atoms with Gasteiger partial charge in [-0.25, -0.2) is 9.97 Å². The van der Waals surface area contributed by atoms with Gasteiger partial charge in [-0.2, -0.15) is 13.2 Å². The number of pyridine rings is 1. The maximum Gasteiger partial charge on any atom is 0.434 e. The van der Waals surface area contributed by atoms with Gasteiger partial charge in [-0.3, -0.25) is 14.6 Å². The van der Waals surface area contributed by atoms with Crippen LogP contribution in [0.3, 0.4) is 0 Å². The second-order valence-corrected chi connectivity index (χ2v) is 8.54. The Labute approximate surface area is 203 Å². The van der Waals surface area contributed by atoms with Crippen LogP contribution in [0.4, 0.5) is 30.4 Å². The van der Waals surface area contributed by atoms with Crippen LogP contribution in [0.1, 0.15) is 42.8 Å². The van der Waals surface area contributed by atoms with E-state index in [2.05, 4.69) is 30.7 Å². The molecule has 2 atom stereocenters. The second-order valence-electron chi connectivity index (χ2n) is 8.54. The summed E-state index contributed by atoms with van der Waals surface area (Å²) in [6.45, 7) is 3.25. The Balaban J connectivity index is 1.55. The predicted molar refractivity (Wildman–Crippen MR) is 121 cm³/mol. The van der Waals surface area contributed by atoms with Crippen LogP contribution in [0.2, 0.25) is 0 Å². The number of alkyl halides is 3. The summed E-state index contributed by atoms with van der Waals surface area (Å²) in [6, 6.07) is 3.15. The van der Waals surface area contributed by atoms with Crippen LogP contribution in [0.25, 0.3) is 11.5 Å². The number of carbonyl (C=O) groups excluding carboxylic acids is 1. The van der Waals surface area contributed by atoms with Gasteiger partial charge in [0.1, 0.15) is 22.9 Å². The maximum absolute atomic E-state index is 13.0. The lowest BCUT2D eigenvalue weighted by molar-refractivity contribution is -0.147. The Kier molecular flexibility index (Phi) is 6.91. The molecule has 0 saturated heterocycles. The summed E-state index contributed by atoms with van der Waals surface area (Å²) >= 11 is 0. The number of rotatable bonds is 6. The minimum Gasteiger partial charge on any atom is -0.481 e.